The first-order chi connectivity index (χ1) is 13.7. The lowest BCUT2D eigenvalue weighted by molar-refractivity contribution is -0.162. The molecule has 1 N–H and O–H groups in total. The number of hydrogen-bond acceptors (Lipinski definition) is 6. The van der Waals surface area contributed by atoms with Crippen LogP contribution in [0.2, 0.25) is 0 Å². The first-order valence-corrected chi connectivity index (χ1v) is 9.38. The number of carboxylic acid groups (broad SMARTS) is 1. The van der Waals surface area contributed by atoms with Crippen molar-refractivity contribution in [3.63, 3.8) is 0 Å². The van der Waals surface area contributed by atoms with Crippen LogP contribution in [0, 0.1) is 0 Å². The van der Waals surface area contributed by atoms with Crippen LogP contribution in [0.25, 0.3) is 0 Å². The van der Waals surface area contributed by atoms with Gasteiger partial charge in [0.2, 0.25) is 6.29 Å². The summed E-state index contributed by atoms with van der Waals surface area (Å²) in [7, 11) is 0. The Balaban J connectivity index is 1.65. The van der Waals surface area contributed by atoms with Crippen LogP contribution in [-0.2, 0) is 20.7 Å². The van der Waals surface area contributed by atoms with Gasteiger partial charge in [0, 0.05) is 12.6 Å². The van der Waals surface area contributed by atoms with Crippen LogP contribution in [0.4, 0.5) is 0 Å². The third-order valence-electron chi connectivity index (χ3n) is 4.34. The molecule has 3 rings (SSSR count). The molecule has 7 heteroatoms. The summed E-state index contributed by atoms with van der Waals surface area (Å²) >= 11 is 0. The second kappa shape index (κ2) is 10.5. The lowest BCUT2D eigenvalue weighted by atomic mass is 10.1. The molecule has 0 bridgehead atoms. The number of nitrogens with zero attached hydrogens (tertiary/aromatic N) is 2. The smallest absolute Gasteiger partial charge is 0.335 e. The molecule has 7 nitrogen and oxygen atoms in total. The molecule has 148 valence electrons. The monoisotopic (exact) mass is 384 g/mol. The van der Waals surface area contributed by atoms with E-state index in [2.05, 4.69) is 10.1 Å². The number of aromatic carboxylic acids is 1. The molecule has 0 amide bonds. The zero-order valence-electron chi connectivity index (χ0n) is 15.6. The standard InChI is InChI=1S/C21H24N2O5/c24-21(25)17-9-11-22-18(14-17)19(23-28-20-8-4-5-12-27-20)15-26-13-10-16-6-2-1-3-7-16/h1-3,6-7,9,11,14,20H,4-5,8,10,12-13,15H2,(H,24,25)/b23-19+. The average Bonchev–Trinajstić information content (AvgIpc) is 2.75. The summed E-state index contributed by atoms with van der Waals surface area (Å²) in [5.41, 5.74) is 2.16. The van der Waals surface area contributed by atoms with Crippen LogP contribution in [0.15, 0.2) is 53.8 Å². The topological polar surface area (TPSA) is 90.2 Å². The molecular weight excluding hydrogens is 360 g/mol. The Labute approximate surface area is 163 Å². The zero-order chi connectivity index (χ0) is 19.6. The van der Waals surface area contributed by atoms with E-state index < -0.39 is 12.3 Å². The van der Waals surface area contributed by atoms with Crippen molar-refractivity contribution in [2.24, 2.45) is 5.16 Å². The third-order valence-corrected chi connectivity index (χ3v) is 4.34. The van der Waals surface area contributed by atoms with E-state index in [1.165, 1.54) is 23.9 Å². The minimum absolute atomic E-state index is 0.135. The lowest BCUT2D eigenvalue weighted by Crippen LogP contribution is -2.22. The van der Waals surface area contributed by atoms with Crippen molar-refractivity contribution < 1.29 is 24.2 Å². The minimum atomic E-state index is -1.02. The predicted octanol–water partition coefficient (Wildman–Crippen LogP) is 3.29. The van der Waals surface area contributed by atoms with Crippen LogP contribution < -0.4 is 0 Å². The van der Waals surface area contributed by atoms with Crippen LogP contribution in [-0.4, -0.2) is 47.9 Å². The van der Waals surface area contributed by atoms with Gasteiger partial charge in [-0.05, 0) is 37.0 Å². The number of pyridine rings is 1. The molecule has 1 fully saturated rings. The summed E-state index contributed by atoms with van der Waals surface area (Å²) in [6.45, 7) is 1.31. The summed E-state index contributed by atoms with van der Waals surface area (Å²) in [4.78, 5) is 21.0. The predicted molar refractivity (Wildman–Crippen MR) is 103 cm³/mol. The number of carbonyl (C=O) groups is 1. The van der Waals surface area contributed by atoms with Gasteiger partial charge in [0.1, 0.15) is 5.71 Å². The fourth-order valence-corrected chi connectivity index (χ4v) is 2.79. The minimum Gasteiger partial charge on any atom is -0.478 e. The molecule has 1 saturated heterocycles. The first-order valence-electron chi connectivity index (χ1n) is 9.38. The van der Waals surface area contributed by atoms with Gasteiger partial charge in [0.05, 0.1) is 31.1 Å². The van der Waals surface area contributed by atoms with E-state index in [0.29, 0.717) is 24.6 Å². The molecule has 1 aromatic carbocycles. The molecule has 2 aromatic rings. The largest absolute Gasteiger partial charge is 0.478 e. The Kier molecular flexibility index (Phi) is 7.52. The van der Waals surface area contributed by atoms with Crippen molar-refractivity contribution in [1.29, 1.82) is 0 Å². The van der Waals surface area contributed by atoms with E-state index in [-0.39, 0.29) is 12.2 Å². The molecular formula is C21H24N2O5. The Hall–Kier alpha value is -2.77. The molecule has 1 aromatic heterocycles. The Morgan fingerprint density at radius 2 is 2.11 bits per heavy atom. The van der Waals surface area contributed by atoms with Crippen molar-refractivity contribution in [2.45, 2.75) is 32.0 Å². The molecule has 0 spiro atoms. The molecule has 0 aliphatic carbocycles. The van der Waals surface area contributed by atoms with E-state index >= 15 is 0 Å². The maximum atomic E-state index is 11.2. The van der Waals surface area contributed by atoms with Crippen LogP contribution in [0.5, 0.6) is 0 Å². The van der Waals surface area contributed by atoms with Gasteiger partial charge in [-0.15, -0.1) is 0 Å². The third kappa shape index (κ3) is 6.14. The second-order valence-electron chi connectivity index (χ2n) is 6.46. The highest BCUT2D eigenvalue weighted by Crippen LogP contribution is 2.15. The van der Waals surface area contributed by atoms with E-state index in [1.54, 1.807) is 0 Å². The molecule has 0 radical (unpaired) electrons. The zero-order valence-corrected chi connectivity index (χ0v) is 15.6. The van der Waals surface area contributed by atoms with Crippen LogP contribution in [0.3, 0.4) is 0 Å². The summed E-state index contributed by atoms with van der Waals surface area (Å²) in [6, 6.07) is 12.9. The van der Waals surface area contributed by atoms with Crippen molar-refractivity contribution in [3.8, 4) is 0 Å². The quantitative estimate of drug-likeness (QED) is 0.405. The Morgan fingerprint density at radius 1 is 1.25 bits per heavy atom. The van der Waals surface area contributed by atoms with Crippen molar-refractivity contribution in [1.82, 2.24) is 4.98 Å². The van der Waals surface area contributed by atoms with Gasteiger partial charge >= 0.3 is 5.97 Å². The van der Waals surface area contributed by atoms with Gasteiger partial charge in [0.25, 0.3) is 0 Å². The highest BCUT2D eigenvalue weighted by molar-refractivity contribution is 6.01. The van der Waals surface area contributed by atoms with Crippen molar-refractivity contribution >= 4 is 11.7 Å². The second-order valence-corrected chi connectivity index (χ2v) is 6.46. The lowest BCUT2D eigenvalue weighted by Gasteiger charge is -2.20. The van der Waals surface area contributed by atoms with Gasteiger partial charge in [-0.25, -0.2) is 4.79 Å². The molecule has 1 atom stereocenters. The summed E-state index contributed by atoms with van der Waals surface area (Å²) in [5, 5.41) is 13.4. The van der Waals surface area contributed by atoms with Gasteiger partial charge in [0.15, 0.2) is 0 Å². The molecule has 0 saturated carbocycles. The number of aromatic nitrogens is 1. The first kappa shape index (κ1) is 20.0. The van der Waals surface area contributed by atoms with Crippen molar-refractivity contribution in [3.05, 3.63) is 65.5 Å². The maximum Gasteiger partial charge on any atom is 0.335 e. The molecule has 28 heavy (non-hydrogen) atoms. The van der Waals surface area contributed by atoms with Crippen LogP contribution >= 0.6 is 0 Å². The van der Waals surface area contributed by atoms with Gasteiger partial charge in [-0.2, -0.15) is 0 Å². The van der Waals surface area contributed by atoms with Gasteiger partial charge in [-0.1, -0.05) is 35.5 Å². The normalized spacial score (nSPS) is 17.3. The Morgan fingerprint density at radius 3 is 2.86 bits per heavy atom. The van der Waals surface area contributed by atoms with E-state index in [0.717, 1.165) is 25.7 Å². The summed E-state index contributed by atoms with van der Waals surface area (Å²) < 4.78 is 11.3. The van der Waals surface area contributed by atoms with E-state index in [9.17, 15) is 9.90 Å². The fourth-order valence-electron chi connectivity index (χ4n) is 2.79. The Bertz CT molecular complexity index is 788. The summed E-state index contributed by atoms with van der Waals surface area (Å²) in [6.07, 6.45) is 4.63. The number of hydrogen-bond donors (Lipinski definition) is 1. The van der Waals surface area contributed by atoms with Gasteiger partial charge in [-0.3, -0.25) is 4.98 Å². The fraction of sp³-hybridized carbons (Fsp3) is 0.381. The molecule has 1 aliphatic rings. The summed E-state index contributed by atoms with van der Waals surface area (Å²) in [5.74, 6) is -1.02. The number of carboxylic acids is 1. The number of ether oxygens (including phenoxy) is 2. The van der Waals surface area contributed by atoms with E-state index in [4.69, 9.17) is 14.3 Å². The van der Waals surface area contributed by atoms with Gasteiger partial charge < -0.3 is 19.4 Å². The molecule has 1 unspecified atom stereocenters. The highest BCUT2D eigenvalue weighted by Gasteiger charge is 2.16. The number of rotatable bonds is 9. The highest BCUT2D eigenvalue weighted by atomic mass is 16.8. The van der Waals surface area contributed by atoms with Crippen molar-refractivity contribution in [2.75, 3.05) is 19.8 Å². The number of oxime groups is 1. The number of benzene rings is 1. The molecule has 1 aliphatic heterocycles. The SMILES string of the molecule is O=C(O)c1ccnc(/C(COCCc2ccccc2)=N/OC2CCCCO2)c1. The van der Waals surface area contributed by atoms with Crippen LogP contribution in [0.1, 0.15) is 40.9 Å². The maximum absolute atomic E-state index is 11.2. The molecule has 2 heterocycles. The average molecular weight is 384 g/mol. The van der Waals surface area contributed by atoms with E-state index in [1.807, 2.05) is 30.3 Å².